The Morgan fingerprint density at radius 3 is 2.20 bits per heavy atom. The lowest BCUT2D eigenvalue weighted by Crippen LogP contribution is -2.23. The number of benzene rings is 1. The quantitative estimate of drug-likeness (QED) is 0.861. The van der Waals surface area contributed by atoms with E-state index in [9.17, 15) is 8.42 Å². The van der Waals surface area contributed by atoms with E-state index < -0.39 is 10.0 Å². The third-order valence-corrected chi connectivity index (χ3v) is 5.66. The SMILES string of the molecule is Cc1nc(N2CCCC2)nc(C)c1NS(=O)(=O)Cc1ccc(Cl)cc1. The number of halogens is 1. The summed E-state index contributed by atoms with van der Waals surface area (Å²) >= 11 is 5.84. The van der Waals surface area contributed by atoms with E-state index in [1.807, 2.05) is 0 Å². The van der Waals surface area contributed by atoms with Crippen molar-refractivity contribution < 1.29 is 8.42 Å². The molecule has 134 valence electrons. The summed E-state index contributed by atoms with van der Waals surface area (Å²) in [4.78, 5) is 11.1. The van der Waals surface area contributed by atoms with Gasteiger partial charge in [0.2, 0.25) is 16.0 Å². The smallest absolute Gasteiger partial charge is 0.237 e. The number of sulfonamides is 1. The van der Waals surface area contributed by atoms with Crippen LogP contribution in [0.1, 0.15) is 29.8 Å². The molecule has 1 aliphatic rings. The standard InChI is InChI=1S/C17H21ClN4O2S/c1-12-16(13(2)20-17(19-12)22-9-3-4-10-22)21-25(23,24)11-14-5-7-15(18)8-6-14/h5-8,21H,3-4,9-11H2,1-2H3. The minimum atomic E-state index is -3.56. The summed E-state index contributed by atoms with van der Waals surface area (Å²) in [5.74, 6) is 0.546. The number of rotatable bonds is 5. The van der Waals surface area contributed by atoms with Crippen LogP contribution in [0.5, 0.6) is 0 Å². The summed E-state index contributed by atoms with van der Waals surface area (Å²) in [5.41, 5.74) is 2.39. The van der Waals surface area contributed by atoms with Crippen molar-refractivity contribution in [2.24, 2.45) is 0 Å². The van der Waals surface area contributed by atoms with Crippen molar-refractivity contribution in [1.82, 2.24) is 9.97 Å². The Kier molecular flexibility index (Phi) is 5.15. The molecule has 8 heteroatoms. The number of nitrogens with zero attached hydrogens (tertiary/aromatic N) is 3. The summed E-state index contributed by atoms with van der Waals surface area (Å²) in [6.45, 7) is 5.49. The van der Waals surface area contributed by atoms with Crippen LogP contribution in [0, 0.1) is 13.8 Å². The zero-order valence-corrected chi connectivity index (χ0v) is 15.9. The van der Waals surface area contributed by atoms with Crippen molar-refractivity contribution >= 4 is 33.3 Å². The third-order valence-electron chi connectivity index (χ3n) is 4.18. The van der Waals surface area contributed by atoms with Crippen LogP contribution in [-0.2, 0) is 15.8 Å². The highest BCUT2D eigenvalue weighted by Gasteiger charge is 2.20. The second-order valence-corrected chi connectivity index (χ2v) is 8.41. The molecule has 6 nitrogen and oxygen atoms in total. The van der Waals surface area contributed by atoms with E-state index in [2.05, 4.69) is 19.6 Å². The van der Waals surface area contributed by atoms with E-state index in [1.165, 1.54) is 0 Å². The number of hydrogen-bond donors (Lipinski definition) is 1. The van der Waals surface area contributed by atoms with E-state index in [4.69, 9.17) is 11.6 Å². The number of aromatic nitrogens is 2. The Morgan fingerprint density at radius 2 is 1.64 bits per heavy atom. The van der Waals surface area contributed by atoms with Crippen LogP contribution < -0.4 is 9.62 Å². The molecule has 2 heterocycles. The number of hydrogen-bond acceptors (Lipinski definition) is 5. The van der Waals surface area contributed by atoms with Gasteiger partial charge in [0.25, 0.3) is 0 Å². The van der Waals surface area contributed by atoms with Gasteiger partial charge in [-0.1, -0.05) is 23.7 Å². The molecule has 0 atom stereocenters. The van der Waals surface area contributed by atoms with Crippen LogP contribution in [0.25, 0.3) is 0 Å². The van der Waals surface area contributed by atoms with Crippen LogP contribution >= 0.6 is 11.6 Å². The molecule has 0 saturated carbocycles. The summed E-state index contributed by atoms with van der Waals surface area (Å²) < 4.78 is 27.6. The molecule has 3 rings (SSSR count). The zero-order valence-electron chi connectivity index (χ0n) is 14.3. The maximum atomic E-state index is 12.5. The predicted molar refractivity (Wildman–Crippen MR) is 101 cm³/mol. The summed E-state index contributed by atoms with van der Waals surface area (Å²) in [6.07, 6.45) is 2.27. The first-order valence-electron chi connectivity index (χ1n) is 8.19. The molecule has 1 aromatic heterocycles. The molecule has 1 aliphatic heterocycles. The molecule has 0 spiro atoms. The Hall–Kier alpha value is -1.86. The normalized spacial score (nSPS) is 14.8. The molecular formula is C17H21ClN4O2S. The number of aryl methyl sites for hydroxylation is 2. The van der Waals surface area contributed by atoms with Gasteiger partial charge < -0.3 is 4.90 Å². The molecule has 2 aromatic rings. The lowest BCUT2D eigenvalue weighted by Gasteiger charge is -2.19. The largest absolute Gasteiger partial charge is 0.341 e. The first-order valence-corrected chi connectivity index (χ1v) is 10.2. The fourth-order valence-corrected chi connectivity index (χ4v) is 4.33. The molecule has 0 aliphatic carbocycles. The van der Waals surface area contributed by atoms with Crippen molar-refractivity contribution in [2.75, 3.05) is 22.7 Å². The fraction of sp³-hybridized carbons (Fsp3) is 0.412. The second-order valence-electron chi connectivity index (χ2n) is 6.25. The van der Waals surface area contributed by atoms with Gasteiger partial charge >= 0.3 is 0 Å². The van der Waals surface area contributed by atoms with Gasteiger partial charge in [-0.2, -0.15) is 0 Å². The Morgan fingerprint density at radius 1 is 1.08 bits per heavy atom. The molecule has 0 radical (unpaired) electrons. The average Bonchev–Trinajstić information content (AvgIpc) is 3.07. The van der Waals surface area contributed by atoms with Crippen molar-refractivity contribution in [3.05, 3.63) is 46.2 Å². The predicted octanol–water partition coefficient (Wildman–Crippen LogP) is 3.29. The Labute approximate surface area is 153 Å². The van der Waals surface area contributed by atoms with Gasteiger partial charge in [0.1, 0.15) is 0 Å². The zero-order chi connectivity index (χ0) is 18.0. The van der Waals surface area contributed by atoms with E-state index >= 15 is 0 Å². The number of anilines is 2. The second kappa shape index (κ2) is 7.17. The molecule has 1 aromatic carbocycles. The van der Waals surface area contributed by atoms with Crippen molar-refractivity contribution in [2.45, 2.75) is 32.4 Å². The highest BCUT2D eigenvalue weighted by molar-refractivity contribution is 7.91. The summed E-state index contributed by atoms with van der Waals surface area (Å²) in [5, 5.41) is 0.576. The van der Waals surface area contributed by atoms with E-state index in [0.717, 1.165) is 25.9 Å². The molecule has 1 N–H and O–H groups in total. The average molecular weight is 381 g/mol. The van der Waals surface area contributed by atoms with Gasteiger partial charge in [0.15, 0.2) is 0 Å². The highest BCUT2D eigenvalue weighted by atomic mass is 35.5. The maximum Gasteiger partial charge on any atom is 0.237 e. The summed E-state index contributed by atoms with van der Waals surface area (Å²) in [6, 6.07) is 6.76. The first kappa shape index (κ1) is 17.9. The molecule has 25 heavy (non-hydrogen) atoms. The highest BCUT2D eigenvalue weighted by Crippen LogP contribution is 2.24. The molecule has 1 saturated heterocycles. The number of nitrogens with one attached hydrogen (secondary N) is 1. The minimum absolute atomic E-state index is 0.128. The van der Waals surface area contributed by atoms with Gasteiger partial charge in [0, 0.05) is 18.1 Å². The van der Waals surface area contributed by atoms with Crippen LogP contribution in [0.3, 0.4) is 0 Å². The van der Waals surface area contributed by atoms with Gasteiger partial charge in [-0.05, 0) is 44.4 Å². The topological polar surface area (TPSA) is 75.2 Å². The molecule has 0 bridgehead atoms. The van der Waals surface area contributed by atoms with Crippen LogP contribution in [0.15, 0.2) is 24.3 Å². The Bertz CT molecular complexity index is 840. The molecule has 0 unspecified atom stereocenters. The Balaban J connectivity index is 1.80. The van der Waals surface area contributed by atoms with Crippen LogP contribution in [-0.4, -0.2) is 31.5 Å². The van der Waals surface area contributed by atoms with E-state index in [0.29, 0.717) is 33.6 Å². The van der Waals surface area contributed by atoms with Crippen LogP contribution in [0.4, 0.5) is 11.6 Å². The van der Waals surface area contributed by atoms with Gasteiger partial charge in [-0.15, -0.1) is 0 Å². The lowest BCUT2D eigenvalue weighted by atomic mass is 10.2. The van der Waals surface area contributed by atoms with Crippen molar-refractivity contribution in [3.63, 3.8) is 0 Å². The van der Waals surface area contributed by atoms with Crippen molar-refractivity contribution in [3.8, 4) is 0 Å². The van der Waals surface area contributed by atoms with Crippen LogP contribution in [0.2, 0.25) is 5.02 Å². The maximum absolute atomic E-state index is 12.5. The van der Waals surface area contributed by atoms with Crippen molar-refractivity contribution in [1.29, 1.82) is 0 Å². The van der Waals surface area contributed by atoms with Gasteiger partial charge in [0.05, 0.1) is 22.8 Å². The monoisotopic (exact) mass is 380 g/mol. The summed E-state index contributed by atoms with van der Waals surface area (Å²) in [7, 11) is -3.56. The fourth-order valence-electron chi connectivity index (χ4n) is 2.90. The molecule has 0 amide bonds. The van der Waals surface area contributed by atoms with Gasteiger partial charge in [-0.3, -0.25) is 4.72 Å². The molecular weight excluding hydrogens is 360 g/mol. The van der Waals surface area contributed by atoms with E-state index in [1.54, 1.807) is 38.1 Å². The third kappa shape index (κ3) is 4.41. The minimum Gasteiger partial charge on any atom is -0.341 e. The van der Waals surface area contributed by atoms with E-state index in [-0.39, 0.29) is 5.75 Å². The lowest BCUT2D eigenvalue weighted by molar-refractivity contribution is 0.600. The van der Waals surface area contributed by atoms with Gasteiger partial charge in [-0.25, -0.2) is 18.4 Å². The molecule has 1 fully saturated rings. The first-order chi connectivity index (χ1) is 11.8.